The Morgan fingerprint density at radius 3 is 2.88 bits per heavy atom. The Morgan fingerprint density at radius 1 is 1.35 bits per heavy atom. The zero-order valence-corrected chi connectivity index (χ0v) is 10.2. The lowest BCUT2D eigenvalue weighted by Crippen LogP contribution is -1.89. The van der Waals surface area contributed by atoms with Gasteiger partial charge in [-0.2, -0.15) is 5.26 Å². The van der Waals surface area contributed by atoms with Crippen LogP contribution < -0.4 is 0 Å². The van der Waals surface area contributed by atoms with Crippen LogP contribution in [0.2, 0.25) is 0 Å². The van der Waals surface area contributed by atoms with E-state index in [0.717, 1.165) is 16.3 Å². The van der Waals surface area contributed by atoms with Crippen molar-refractivity contribution in [1.82, 2.24) is 9.97 Å². The first-order valence-electron chi connectivity index (χ1n) is 5.18. The molecule has 0 unspecified atom stereocenters. The molecule has 84 valence electrons. The Bertz CT molecular complexity index is 546. The molecular formula is C13H11N3S. The summed E-state index contributed by atoms with van der Waals surface area (Å²) < 4.78 is 0. The van der Waals surface area contributed by atoms with Gasteiger partial charge in [-0.05, 0) is 36.2 Å². The van der Waals surface area contributed by atoms with E-state index in [0.29, 0.717) is 5.56 Å². The Hall–Kier alpha value is -1.86. The van der Waals surface area contributed by atoms with Crippen molar-refractivity contribution in [2.24, 2.45) is 0 Å². The minimum absolute atomic E-state index is 0.707. The SMILES string of the molecule is Cc1cc(C#N)ccc1CSc1ccncn1. The smallest absolute Gasteiger partial charge is 0.116 e. The highest BCUT2D eigenvalue weighted by Crippen LogP contribution is 2.22. The Kier molecular flexibility index (Phi) is 3.73. The van der Waals surface area contributed by atoms with Gasteiger partial charge in [-0.25, -0.2) is 9.97 Å². The van der Waals surface area contributed by atoms with Gasteiger partial charge in [0.25, 0.3) is 0 Å². The predicted molar refractivity (Wildman–Crippen MR) is 67.5 cm³/mol. The molecule has 0 aliphatic heterocycles. The molecule has 0 amide bonds. The summed E-state index contributed by atoms with van der Waals surface area (Å²) in [6.07, 6.45) is 3.29. The van der Waals surface area contributed by atoms with Gasteiger partial charge in [0.1, 0.15) is 6.33 Å². The molecule has 0 aliphatic carbocycles. The normalized spacial score (nSPS) is 9.88. The number of hydrogen-bond donors (Lipinski definition) is 0. The van der Waals surface area contributed by atoms with Crippen molar-refractivity contribution in [3.05, 3.63) is 53.5 Å². The van der Waals surface area contributed by atoms with Crippen LogP contribution in [0.1, 0.15) is 16.7 Å². The van der Waals surface area contributed by atoms with Crippen LogP contribution >= 0.6 is 11.8 Å². The van der Waals surface area contributed by atoms with Crippen molar-refractivity contribution < 1.29 is 0 Å². The summed E-state index contributed by atoms with van der Waals surface area (Å²) in [5.41, 5.74) is 3.08. The largest absolute Gasteiger partial charge is 0.245 e. The summed E-state index contributed by atoms with van der Waals surface area (Å²) in [6.45, 7) is 2.02. The number of aryl methyl sites for hydroxylation is 1. The number of benzene rings is 1. The summed E-state index contributed by atoms with van der Waals surface area (Å²) >= 11 is 1.67. The molecule has 2 aromatic rings. The number of rotatable bonds is 3. The fourth-order valence-electron chi connectivity index (χ4n) is 1.44. The van der Waals surface area contributed by atoms with E-state index in [4.69, 9.17) is 5.26 Å². The van der Waals surface area contributed by atoms with E-state index in [2.05, 4.69) is 16.0 Å². The molecule has 1 aromatic carbocycles. The van der Waals surface area contributed by atoms with E-state index < -0.39 is 0 Å². The Morgan fingerprint density at radius 2 is 2.24 bits per heavy atom. The fraction of sp³-hybridized carbons (Fsp3) is 0.154. The Labute approximate surface area is 105 Å². The summed E-state index contributed by atoms with van der Waals surface area (Å²) in [5.74, 6) is 0.856. The molecule has 0 radical (unpaired) electrons. The van der Waals surface area contributed by atoms with Crippen LogP contribution in [-0.2, 0) is 5.75 Å². The third-order valence-corrected chi connectivity index (χ3v) is 3.39. The maximum atomic E-state index is 8.79. The standard InChI is InChI=1S/C13H11N3S/c1-10-6-11(7-14)2-3-12(10)8-17-13-4-5-15-9-16-13/h2-6,9H,8H2,1H3. The van der Waals surface area contributed by atoms with Gasteiger partial charge in [0.05, 0.1) is 16.7 Å². The number of hydrogen-bond acceptors (Lipinski definition) is 4. The molecule has 0 saturated carbocycles. The van der Waals surface area contributed by atoms with E-state index in [1.54, 1.807) is 24.3 Å². The molecule has 1 aromatic heterocycles. The van der Waals surface area contributed by atoms with E-state index in [1.165, 1.54) is 5.56 Å². The average Bonchev–Trinajstić information content (AvgIpc) is 2.38. The lowest BCUT2D eigenvalue weighted by Gasteiger charge is -2.05. The first-order valence-corrected chi connectivity index (χ1v) is 6.16. The number of nitriles is 1. The molecule has 0 spiro atoms. The quantitative estimate of drug-likeness (QED) is 0.612. The molecule has 3 nitrogen and oxygen atoms in total. The second-order valence-electron chi connectivity index (χ2n) is 3.59. The Balaban J connectivity index is 2.08. The van der Waals surface area contributed by atoms with Crippen LogP contribution in [0.3, 0.4) is 0 Å². The van der Waals surface area contributed by atoms with Gasteiger partial charge in [-0.15, -0.1) is 11.8 Å². The maximum absolute atomic E-state index is 8.79. The lowest BCUT2D eigenvalue weighted by atomic mass is 10.1. The molecule has 0 atom stereocenters. The van der Waals surface area contributed by atoms with Crippen molar-refractivity contribution >= 4 is 11.8 Å². The molecule has 4 heteroatoms. The van der Waals surface area contributed by atoms with Crippen LogP contribution in [0.5, 0.6) is 0 Å². The summed E-state index contributed by atoms with van der Waals surface area (Å²) in [6, 6.07) is 9.80. The highest BCUT2D eigenvalue weighted by molar-refractivity contribution is 7.98. The topological polar surface area (TPSA) is 49.6 Å². The van der Waals surface area contributed by atoms with Crippen LogP contribution in [-0.4, -0.2) is 9.97 Å². The summed E-state index contributed by atoms with van der Waals surface area (Å²) in [5, 5.41) is 9.75. The van der Waals surface area contributed by atoms with Gasteiger partial charge >= 0.3 is 0 Å². The highest BCUT2D eigenvalue weighted by Gasteiger charge is 2.01. The second-order valence-corrected chi connectivity index (χ2v) is 4.58. The minimum atomic E-state index is 0.707. The third kappa shape index (κ3) is 3.05. The molecule has 2 rings (SSSR count). The third-order valence-electron chi connectivity index (χ3n) is 2.40. The van der Waals surface area contributed by atoms with Crippen LogP contribution in [0, 0.1) is 18.3 Å². The maximum Gasteiger partial charge on any atom is 0.116 e. The number of thioether (sulfide) groups is 1. The van der Waals surface area contributed by atoms with Gasteiger partial charge in [-0.1, -0.05) is 6.07 Å². The minimum Gasteiger partial charge on any atom is -0.245 e. The zero-order valence-electron chi connectivity index (χ0n) is 9.42. The molecule has 1 heterocycles. The first-order chi connectivity index (χ1) is 8.29. The van der Waals surface area contributed by atoms with Crippen molar-refractivity contribution in [3.8, 4) is 6.07 Å². The number of aromatic nitrogens is 2. The fourth-order valence-corrected chi connectivity index (χ4v) is 2.35. The molecule has 0 fully saturated rings. The van der Waals surface area contributed by atoms with Gasteiger partial charge in [-0.3, -0.25) is 0 Å². The van der Waals surface area contributed by atoms with Crippen molar-refractivity contribution in [1.29, 1.82) is 5.26 Å². The predicted octanol–water partition coefficient (Wildman–Crippen LogP) is 2.95. The summed E-state index contributed by atoms with van der Waals surface area (Å²) in [7, 11) is 0. The van der Waals surface area contributed by atoms with Crippen LogP contribution in [0.4, 0.5) is 0 Å². The second kappa shape index (κ2) is 5.46. The zero-order chi connectivity index (χ0) is 12.1. The van der Waals surface area contributed by atoms with Gasteiger partial charge in [0.2, 0.25) is 0 Å². The van der Waals surface area contributed by atoms with E-state index in [-0.39, 0.29) is 0 Å². The van der Waals surface area contributed by atoms with Crippen molar-refractivity contribution in [2.45, 2.75) is 17.7 Å². The number of nitrogens with zero attached hydrogens (tertiary/aromatic N) is 3. The molecule has 0 N–H and O–H groups in total. The molecule has 0 bridgehead atoms. The van der Waals surface area contributed by atoms with Gasteiger partial charge < -0.3 is 0 Å². The monoisotopic (exact) mass is 241 g/mol. The van der Waals surface area contributed by atoms with E-state index in [1.807, 2.05) is 31.2 Å². The molecular weight excluding hydrogens is 230 g/mol. The van der Waals surface area contributed by atoms with Gasteiger partial charge in [0, 0.05) is 11.9 Å². The highest BCUT2D eigenvalue weighted by atomic mass is 32.2. The van der Waals surface area contributed by atoms with E-state index in [9.17, 15) is 0 Å². The average molecular weight is 241 g/mol. The van der Waals surface area contributed by atoms with Crippen molar-refractivity contribution in [3.63, 3.8) is 0 Å². The lowest BCUT2D eigenvalue weighted by molar-refractivity contribution is 1.05. The van der Waals surface area contributed by atoms with Crippen LogP contribution in [0.25, 0.3) is 0 Å². The van der Waals surface area contributed by atoms with Crippen molar-refractivity contribution in [2.75, 3.05) is 0 Å². The molecule has 0 saturated heterocycles. The molecule has 17 heavy (non-hydrogen) atoms. The molecule has 0 aliphatic rings. The summed E-state index contributed by atoms with van der Waals surface area (Å²) in [4.78, 5) is 8.04. The van der Waals surface area contributed by atoms with Gasteiger partial charge in [0.15, 0.2) is 0 Å². The van der Waals surface area contributed by atoms with E-state index >= 15 is 0 Å². The first kappa shape index (κ1) is 11.6. The van der Waals surface area contributed by atoms with Crippen LogP contribution in [0.15, 0.2) is 41.8 Å².